The number of benzene rings is 1. The Labute approximate surface area is 198 Å². The topological polar surface area (TPSA) is 93.1 Å². The lowest BCUT2D eigenvalue weighted by Gasteiger charge is -2.40. The van der Waals surface area contributed by atoms with Gasteiger partial charge in [-0.1, -0.05) is 46.8 Å². The largest absolute Gasteiger partial charge is 0.458 e. The Morgan fingerprint density at radius 2 is 1.70 bits per heavy atom. The van der Waals surface area contributed by atoms with Crippen LogP contribution in [0.2, 0.25) is 0 Å². The number of sulfone groups is 1. The normalized spacial score (nSPS) is 16.6. The van der Waals surface area contributed by atoms with Gasteiger partial charge in [0, 0.05) is 12.3 Å². The summed E-state index contributed by atoms with van der Waals surface area (Å²) in [4.78, 5) is 33.0. The van der Waals surface area contributed by atoms with Gasteiger partial charge < -0.3 is 9.64 Å². The van der Waals surface area contributed by atoms with Crippen LogP contribution < -0.4 is 0 Å². The monoisotopic (exact) mass is 478 g/mol. The molecule has 184 valence electrons. The molecule has 0 saturated carbocycles. The highest BCUT2D eigenvalue weighted by molar-refractivity contribution is 7.92. The van der Waals surface area contributed by atoms with Crippen LogP contribution in [0.1, 0.15) is 68.2 Å². The number of fused-ring (bicyclic) bond motifs is 1. The first kappa shape index (κ1) is 27.0. The molecule has 8 heteroatoms. The molecule has 1 aliphatic rings. The molecule has 1 atom stereocenters. The second-order valence-corrected chi connectivity index (χ2v) is 13.1. The average Bonchev–Trinajstić information content (AvgIpc) is 2.61. The van der Waals surface area contributed by atoms with Crippen molar-refractivity contribution in [2.45, 2.75) is 84.8 Å². The van der Waals surface area contributed by atoms with Crippen molar-refractivity contribution in [3.63, 3.8) is 0 Å². The molecule has 0 radical (unpaired) electrons. The number of aliphatic imine (C=N–C) groups is 1. The maximum atomic E-state index is 13.5. The Hall–Kier alpha value is -2.22. The number of ether oxygens (including phenoxy) is 1. The molecule has 0 bridgehead atoms. The van der Waals surface area contributed by atoms with Crippen LogP contribution in [0.4, 0.5) is 5.69 Å². The molecule has 1 aliphatic heterocycles. The van der Waals surface area contributed by atoms with Gasteiger partial charge in [-0.3, -0.25) is 9.79 Å². The lowest BCUT2D eigenvalue weighted by molar-refractivity contribution is -0.169. The van der Waals surface area contributed by atoms with Crippen molar-refractivity contribution in [3.05, 3.63) is 24.3 Å². The van der Waals surface area contributed by atoms with Crippen molar-refractivity contribution in [1.82, 2.24) is 4.90 Å². The number of hydrogen-bond acceptors (Lipinski definition) is 6. The van der Waals surface area contributed by atoms with Crippen LogP contribution >= 0.6 is 0 Å². The molecule has 1 aromatic carbocycles. The molecule has 0 aromatic heterocycles. The SMILES string of the molecule is CC(C)CCN(C(=O)CC1=Nc2ccccc2S(=O)(=O)C1)[C@H](C(=O)OC(C)(C)C)C(C)(C)C. The summed E-state index contributed by atoms with van der Waals surface area (Å²) in [6.45, 7) is 15.6. The second-order valence-electron chi connectivity index (χ2n) is 11.2. The van der Waals surface area contributed by atoms with Gasteiger partial charge in [-0.05, 0) is 50.7 Å². The van der Waals surface area contributed by atoms with Crippen LogP contribution in [-0.2, 0) is 24.2 Å². The fourth-order valence-electron chi connectivity index (χ4n) is 3.78. The van der Waals surface area contributed by atoms with Crippen molar-refractivity contribution in [2.75, 3.05) is 12.3 Å². The maximum Gasteiger partial charge on any atom is 0.329 e. The predicted octanol–water partition coefficient (Wildman–Crippen LogP) is 4.57. The fraction of sp³-hybridized carbons (Fsp3) is 0.640. The van der Waals surface area contributed by atoms with Gasteiger partial charge in [0.15, 0.2) is 9.84 Å². The number of hydrogen-bond donors (Lipinski definition) is 0. The molecule has 0 spiro atoms. The van der Waals surface area contributed by atoms with Crippen LogP contribution in [0.25, 0.3) is 0 Å². The van der Waals surface area contributed by atoms with Crippen LogP contribution in [0.5, 0.6) is 0 Å². The van der Waals surface area contributed by atoms with E-state index in [1.807, 2.05) is 20.8 Å². The first-order chi connectivity index (χ1) is 15.0. The van der Waals surface area contributed by atoms with E-state index in [2.05, 4.69) is 18.8 Å². The summed E-state index contributed by atoms with van der Waals surface area (Å²) in [5.74, 6) is -0.773. The van der Waals surface area contributed by atoms with Gasteiger partial charge >= 0.3 is 5.97 Å². The van der Waals surface area contributed by atoms with Crippen molar-refractivity contribution >= 4 is 33.1 Å². The molecule has 1 heterocycles. The Bertz CT molecular complexity index is 1010. The van der Waals surface area contributed by atoms with Crippen molar-refractivity contribution in [3.8, 4) is 0 Å². The number of carbonyl (C=O) groups excluding carboxylic acids is 2. The van der Waals surface area contributed by atoms with Crippen molar-refractivity contribution in [2.24, 2.45) is 16.3 Å². The van der Waals surface area contributed by atoms with Crippen LogP contribution in [0, 0.1) is 11.3 Å². The second kappa shape index (κ2) is 9.95. The van der Waals surface area contributed by atoms with Gasteiger partial charge in [0.1, 0.15) is 11.6 Å². The van der Waals surface area contributed by atoms with Crippen LogP contribution in [-0.4, -0.2) is 54.8 Å². The summed E-state index contributed by atoms with van der Waals surface area (Å²) < 4.78 is 31.1. The fourth-order valence-corrected chi connectivity index (χ4v) is 5.26. The highest BCUT2D eigenvalue weighted by Gasteiger charge is 2.42. The van der Waals surface area contributed by atoms with Gasteiger partial charge in [0.2, 0.25) is 5.91 Å². The maximum absolute atomic E-state index is 13.5. The lowest BCUT2D eigenvalue weighted by atomic mass is 9.84. The van der Waals surface area contributed by atoms with E-state index in [9.17, 15) is 18.0 Å². The molecule has 0 aliphatic carbocycles. The Balaban J connectivity index is 2.41. The first-order valence-corrected chi connectivity index (χ1v) is 13.1. The minimum Gasteiger partial charge on any atom is -0.458 e. The zero-order valence-corrected chi connectivity index (χ0v) is 22.0. The summed E-state index contributed by atoms with van der Waals surface area (Å²) in [7, 11) is -3.57. The first-order valence-electron chi connectivity index (χ1n) is 11.4. The van der Waals surface area contributed by atoms with E-state index in [1.54, 1.807) is 43.9 Å². The Kier molecular flexibility index (Phi) is 8.15. The number of esters is 1. The van der Waals surface area contributed by atoms with Gasteiger partial charge in [-0.2, -0.15) is 0 Å². The zero-order valence-electron chi connectivity index (χ0n) is 21.1. The van der Waals surface area contributed by atoms with E-state index in [1.165, 1.54) is 6.07 Å². The molecule has 0 saturated heterocycles. The highest BCUT2D eigenvalue weighted by Crippen LogP contribution is 2.31. The highest BCUT2D eigenvalue weighted by atomic mass is 32.2. The molecular formula is C25H38N2O5S. The van der Waals surface area contributed by atoms with E-state index in [-0.39, 0.29) is 28.7 Å². The summed E-state index contributed by atoms with van der Waals surface area (Å²) in [6, 6.07) is 5.72. The minimum absolute atomic E-state index is 0.166. The van der Waals surface area contributed by atoms with Gasteiger partial charge in [0.25, 0.3) is 0 Å². The van der Waals surface area contributed by atoms with E-state index in [4.69, 9.17) is 4.74 Å². The molecule has 0 fully saturated rings. The third-order valence-corrected chi connectivity index (χ3v) is 6.95. The Morgan fingerprint density at radius 1 is 1.09 bits per heavy atom. The van der Waals surface area contributed by atoms with Crippen molar-refractivity contribution in [1.29, 1.82) is 0 Å². The van der Waals surface area contributed by atoms with E-state index in [0.717, 1.165) is 0 Å². The Morgan fingerprint density at radius 3 is 2.24 bits per heavy atom. The molecule has 7 nitrogen and oxygen atoms in total. The molecule has 0 N–H and O–H groups in total. The van der Waals surface area contributed by atoms with E-state index < -0.39 is 32.9 Å². The number of nitrogens with zero attached hydrogens (tertiary/aromatic N) is 2. The molecule has 1 aromatic rings. The summed E-state index contributed by atoms with van der Waals surface area (Å²) in [6.07, 6.45) is 0.537. The third-order valence-electron chi connectivity index (χ3n) is 5.22. The number of rotatable bonds is 7. The number of para-hydroxylation sites is 1. The molecule has 2 rings (SSSR count). The standard InChI is InChI=1S/C25H38N2O5S/c1-17(2)13-14-27(22(24(3,4)5)23(29)32-25(6,7)8)21(28)15-18-16-33(30,31)20-12-10-9-11-19(20)26-18/h9-12,17,22H,13-16H2,1-8H3/t22-/m1/s1. The smallest absolute Gasteiger partial charge is 0.329 e. The predicted molar refractivity (Wildman–Crippen MR) is 130 cm³/mol. The van der Waals surface area contributed by atoms with Gasteiger partial charge in [-0.25, -0.2) is 13.2 Å². The summed E-state index contributed by atoms with van der Waals surface area (Å²) in [5.41, 5.74) is -0.648. The zero-order chi connectivity index (χ0) is 25.2. The van der Waals surface area contributed by atoms with Gasteiger partial charge in [0.05, 0.1) is 22.8 Å². The average molecular weight is 479 g/mol. The number of carbonyl (C=O) groups is 2. The molecule has 0 unspecified atom stereocenters. The van der Waals surface area contributed by atoms with Crippen LogP contribution in [0.15, 0.2) is 34.2 Å². The van der Waals surface area contributed by atoms with Crippen LogP contribution in [0.3, 0.4) is 0 Å². The minimum atomic E-state index is -3.57. The quantitative estimate of drug-likeness (QED) is 0.535. The van der Waals surface area contributed by atoms with E-state index >= 15 is 0 Å². The third kappa shape index (κ3) is 7.39. The molecule has 1 amide bonds. The van der Waals surface area contributed by atoms with Crippen molar-refractivity contribution < 1.29 is 22.7 Å². The lowest BCUT2D eigenvalue weighted by Crippen LogP contribution is -2.54. The van der Waals surface area contributed by atoms with Gasteiger partial charge in [-0.15, -0.1) is 0 Å². The molecular weight excluding hydrogens is 440 g/mol. The summed E-state index contributed by atoms with van der Waals surface area (Å²) in [5, 5.41) is 0. The number of amides is 1. The molecule has 33 heavy (non-hydrogen) atoms. The van der Waals surface area contributed by atoms with E-state index in [0.29, 0.717) is 24.6 Å². The summed E-state index contributed by atoms with van der Waals surface area (Å²) >= 11 is 0.